The summed E-state index contributed by atoms with van der Waals surface area (Å²) in [6.07, 6.45) is 0. The number of nitrogens with zero attached hydrogens (tertiary/aromatic N) is 3. The quantitative estimate of drug-likeness (QED) is 0.874. The first kappa shape index (κ1) is 10.5. The van der Waals surface area contributed by atoms with Crippen molar-refractivity contribution < 1.29 is 0 Å². The Kier molecular flexibility index (Phi) is 2.46. The van der Waals surface area contributed by atoms with Gasteiger partial charge in [0.2, 0.25) is 0 Å². The van der Waals surface area contributed by atoms with Crippen LogP contribution in [-0.2, 0) is 13.1 Å². The van der Waals surface area contributed by atoms with Crippen LogP contribution in [0.4, 0.5) is 0 Å². The molecule has 1 aliphatic heterocycles. The molecule has 0 amide bonds. The molecular formula is C12H9BrN4. The minimum atomic E-state index is 0.622. The Morgan fingerprint density at radius 3 is 2.94 bits per heavy atom. The van der Waals surface area contributed by atoms with Crippen LogP contribution in [0.3, 0.4) is 0 Å². The second-order valence-corrected chi connectivity index (χ2v) is 4.71. The number of fused-ring (bicyclic) bond motifs is 1. The highest BCUT2D eigenvalue weighted by molar-refractivity contribution is 9.10. The molecule has 17 heavy (non-hydrogen) atoms. The zero-order valence-electron chi connectivity index (χ0n) is 8.94. The number of nitriles is 1. The number of hydrogen-bond acceptors (Lipinski definition) is 3. The average Bonchev–Trinajstić information content (AvgIpc) is 2.89. The summed E-state index contributed by atoms with van der Waals surface area (Å²) in [5.41, 5.74) is 3.51. The van der Waals surface area contributed by atoms with Crippen LogP contribution in [0.15, 0.2) is 28.7 Å². The van der Waals surface area contributed by atoms with Gasteiger partial charge < -0.3 is 5.32 Å². The molecule has 0 saturated carbocycles. The highest BCUT2D eigenvalue weighted by Crippen LogP contribution is 2.26. The van der Waals surface area contributed by atoms with E-state index in [1.807, 2.05) is 24.3 Å². The fourth-order valence-corrected chi connectivity index (χ4v) is 2.49. The Labute approximate surface area is 107 Å². The van der Waals surface area contributed by atoms with Crippen LogP contribution in [0.25, 0.3) is 5.69 Å². The van der Waals surface area contributed by atoms with Gasteiger partial charge in [0.25, 0.3) is 0 Å². The Hall–Kier alpha value is -1.64. The van der Waals surface area contributed by atoms with Gasteiger partial charge in [-0.05, 0) is 28.1 Å². The normalized spacial score (nSPS) is 13.4. The zero-order chi connectivity index (χ0) is 11.8. The molecule has 2 heterocycles. The molecule has 84 valence electrons. The number of rotatable bonds is 1. The number of benzene rings is 1. The molecule has 0 atom stereocenters. The molecular weight excluding hydrogens is 280 g/mol. The van der Waals surface area contributed by atoms with E-state index in [9.17, 15) is 5.26 Å². The van der Waals surface area contributed by atoms with Crippen LogP contribution in [0.5, 0.6) is 0 Å². The van der Waals surface area contributed by atoms with Crippen LogP contribution in [0.2, 0.25) is 0 Å². The maximum Gasteiger partial charge on any atom is 0.149 e. The van der Waals surface area contributed by atoms with Gasteiger partial charge in [0.05, 0.1) is 11.4 Å². The molecule has 1 aromatic heterocycles. The summed E-state index contributed by atoms with van der Waals surface area (Å²) in [5.74, 6) is 0. The number of para-hydroxylation sites is 1. The number of nitrogens with one attached hydrogen (secondary N) is 1. The smallest absolute Gasteiger partial charge is 0.149 e. The van der Waals surface area contributed by atoms with E-state index in [1.165, 1.54) is 0 Å². The van der Waals surface area contributed by atoms with Gasteiger partial charge in [-0.15, -0.1) is 0 Å². The topological polar surface area (TPSA) is 53.6 Å². The minimum absolute atomic E-state index is 0.622. The first-order valence-electron chi connectivity index (χ1n) is 5.27. The van der Waals surface area contributed by atoms with E-state index in [0.29, 0.717) is 5.69 Å². The molecule has 0 spiro atoms. The molecule has 5 heteroatoms. The lowest BCUT2D eigenvalue weighted by Gasteiger charge is -2.06. The van der Waals surface area contributed by atoms with E-state index < -0.39 is 0 Å². The van der Waals surface area contributed by atoms with E-state index in [-0.39, 0.29) is 0 Å². The van der Waals surface area contributed by atoms with Crippen molar-refractivity contribution in [1.29, 1.82) is 5.26 Å². The maximum atomic E-state index is 9.27. The minimum Gasteiger partial charge on any atom is -0.307 e. The van der Waals surface area contributed by atoms with Crippen LogP contribution < -0.4 is 5.32 Å². The Bertz CT molecular complexity index is 624. The number of hydrogen-bond donors (Lipinski definition) is 1. The van der Waals surface area contributed by atoms with Crippen LogP contribution >= 0.6 is 15.9 Å². The van der Waals surface area contributed by atoms with Gasteiger partial charge in [-0.1, -0.05) is 12.1 Å². The summed E-state index contributed by atoms with van der Waals surface area (Å²) in [5, 5.41) is 17.0. The van der Waals surface area contributed by atoms with Gasteiger partial charge in [-0.3, -0.25) is 0 Å². The van der Waals surface area contributed by atoms with Gasteiger partial charge in [0.1, 0.15) is 11.8 Å². The summed E-state index contributed by atoms with van der Waals surface area (Å²) in [4.78, 5) is 0. The van der Waals surface area contributed by atoms with Gasteiger partial charge in [0.15, 0.2) is 0 Å². The van der Waals surface area contributed by atoms with Crippen molar-refractivity contribution in [3.8, 4) is 11.8 Å². The van der Waals surface area contributed by atoms with E-state index >= 15 is 0 Å². The molecule has 1 N–H and O–H groups in total. The third-order valence-corrected chi connectivity index (χ3v) is 3.52. The average molecular weight is 289 g/mol. The summed E-state index contributed by atoms with van der Waals surface area (Å²) < 4.78 is 2.65. The lowest BCUT2D eigenvalue weighted by molar-refractivity contribution is 0.716. The third kappa shape index (κ3) is 1.57. The summed E-state index contributed by atoms with van der Waals surface area (Å²) in [6.45, 7) is 1.46. The highest BCUT2D eigenvalue weighted by Gasteiger charge is 2.22. The highest BCUT2D eigenvalue weighted by atomic mass is 79.9. The summed E-state index contributed by atoms with van der Waals surface area (Å²) >= 11 is 3.48. The van der Waals surface area contributed by atoms with Gasteiger partial charge >= 0.3 is 0 Å². The molecule has 1 aromatic carbocycles. The monoisotopic (exact) mass is 288 g/mol. The van der Waals surface area contributed by atoms with Crippen molar-refractivity contribution >= 4 is 15.9 Å². The lowest BCUT2D eigenvalue weighted by Crippen LogP contribution is -2.08. The number of aromatic nitrogens is 2. The van der Waals surface area contributed by atoms with E-state index in [1.54, 1.807) is 4.68 Å². The second kappa shape index (κ2) is 3.99. The van der Waals surface area contributed by atoms with E-state index in [0.717, 1.165) is 34.5 Å². The first-order valence-corrected chi connectivity index (χ1v) is 6.07. The van der Waals surface area contributed by atoms with Crippen LogP contribution in [-0.4, -0.2) is 9.78 Å². The van der Waals surface area contributed by atoms with Crippen molar-refractivity contribution in [3.05, 3.63) is 45.7 Å². The summed E-state index contributed by atoms with van der Waals surface area (Å²) in [7, 11) is 0. The van der Waals surface area contributed by atoms with Crippen molar-refractivity contribution in [2.75, 3.05) is 0 Å². The lowest BCUT2D eigenvalue weighted by atomic mass is 10.2. The number of halogens is 1. The predicted molar refractivity (Wildman–Crippen MR) is 66.5 cm³/mol. The Morgan fingerprint density at radius 1 is 1.35 bits per heavy atom. The maximum absolute atomic E-state index is 9.27. The molecule has 1 aliphatic rings. The van der Waals surface area contributed by atoms with Crippen molar-refractivity contribution in [2.45, 2.75) is 13.1 Å². The second-order valence-electron chi connectivity index (χ2n) is 3.85. The molecule has 4 nitrogen and oxygen atoms in total. The molecule has 0 fully saturated rings. The SMILES string of the molecule is N#Cc1c2c(nn1-c1ccccc1Br)CNC2. The predicted octanol–water partition coefficient (Wildman–Crippen LogP) is 2.11. The zero-order valence-corrected chi connectivity index (χ0v) is 10.5. The molecule has 0 radical (unpaired) electrons. The standard InChI is InChI=1S/C12H9BrN4/c13-9-3-1-2-4-11(9)17-12(5-14)8-6-15-7-10(8)16-17/h1-4,15H,6-7H2. The van der Waals surface area contributed by atoms with Crippen LogP contribution in [0.1, 0.15) is 17.0 Å². The fourth-order valence-electron chi connectivity index (χ4n) is 2.04. The third-order valence-electron chi connectivity index (χ3n) is 2.85. The van der Waals surface area contributed by atoms with Gasteiger partial charge in [-0.25, -0.2) is 4.68 Å². The molecule has 0 unspecified atom stereocenters. The molecule has 3 rings (SSSR count). The van der Waals surface area contributed by atoms with Gasteiger partial charge in [0, 0.05) is 23.1 Å². The van der Waals surface area contributed by atoms with Crippen molar-refractivity contribution in [1.82, 2.24) is 15.1 Å². The molecule has 0 aliphatic carbocycles. The van der Waals surface area contributed by atoms with E-state index in [2.05, 4.69) is 32.4 Å². The largest absolute Gasteiger partial charge is 0.307 e. The summed E-state index contributed by atoms with van der Waals surface area (Å²) in [6, 6.07) is 10.0. The van der Waals surface area contributed by atoms with E-state index in [4.69, 9.17) is 0 Å². The van der Waals surface area contributed by atoms with Crippen molar-refractivity contribution in [3.63, 3.8) is 0 Å². The fraction of sp³-hybridized carbons (Fsp3) is 0.167. The van der Waals surface area contributed by atoms with Crippen molar-refractivity contribution in [2.24, 2.45) is 0 Å². The molecule has 2 aromatic rings. The van der Waals surface area contributed by atoms with Crippen LogP contribution in [0, 0.1) is 11.3 Å². The Balaban J connectivity index is 2.23. The molecule has 0 saturated heterocycles. The van der Waals surface area contributed by atoms with Gasteiger partial charge in [-0.2, -0.15) is 10.4 Å². The first-order chi connectivity index (χ1) is 8.31. The Morgan fingerprint density at radius 2 is 2.18 bits per heavy atom. The molecule has 0 bridgehead atoms.